The highest BCUT2D eigenvalue weighted by Gasteiger charge is 2.32. The lowest BCUT2D eigenvalue weighted by atomic mass is 10.1. The van der Waals surface area contributed by atoms with Gasteiger partial charge in [-0.3, -0.25) is 19.4 Å². The maximum absolute atomic E-state index is 12.6. The predicted molar refractivity (Wildman–Crippen MR) is 101 cm³/mol. The van der Waals surface area contributed by atoms with E-state index in [-0.39, 0.29) is 11.9 Å². The van der Waals surface area contributed by atoms with Gasteiger partial charge in [-0.25, -0.2) is 0 Å². The largest absolute Gasteiger partial charge is 0.353 e. The number of hydrogen-bond acceptors (Lipinski definition) is 7. The van der Waals surface area contributed by atoms with E-state index in [1.807, 2.05) is 23.0 Å². The second kappa shape index (κ2) is 7.89. The van der Waals surface area contributed by atoms with Gasteiger partial charge in [-0.2, -0.15) is 10.1 Å². The fourth-order valence-electron chi connectivity index (χ4n) is 3.47. The van der Waals surface area contributed by atoms with Gasteiger partial charge in [-0.1, -0.05) is 5.16 Å². The van der Waals surface area contributed by atoms with Crippen LogP contribution in [0.25, 0.3) is 11.4 Å². The minimum absolute atomic E-state index is 0.0181. The zero-order valence-corrected chi connectivity index (χ0v) is 16.0. The van der Waals surface area contributed by atoms with E-state index in [2.05, 4.69) is 44.3 Å². The Morgan fingerprint density at radius 3 is 2.89 bits per heavy atom. The zero-order chi connectivity index (χ0) is 19.5. The standard InChI is InChI=1S/C19H23N7O2/c1-3-26-13(2)15(11-22-26)12-25-9-8-21-19(27)16(25)10-17-23-18(24-28-17)14-4-6-20-7-5-14/h4-7,11,16H,3,8-10,12H2,1-2H3,(H,21,27). The molecule has 0 spiro atoms. The summed E-state index contributed by atoms with van der Waals surface area (Å²) in [6.45, 7) is 7.01. The molecular formula is C19H23N7O2. The molecule has 3 aromatic rings. The molecule has 1 N–H and O–H groups in total. The highest BCUT2D eigenvalue weighted by molar-refractivity contribution is 5.82. The number of aryl methyl sites for hydroxylation is 1. The molecule has 9 nitrogen and oxygen atoms in total. The van der Waals surface area contributed by atoms with Crippen LogP contribution in [0.2, 0.25) is 0 Å². The lowest BCUT2D eigenvalue weighted by molar-refractivity contribution is -0.129. The fraction of sp³-hybridized carbons (Fsp3) is 0.421. The third-order valence-electron chi connectivity index (χ3n) is 5.09. The summed E-state index contributed by atoms with van der Waals surface area (Å²) >= 11 is 0. The molecule has 1 amide bonds. The van der Waals surface area contributed by atoms with Crippen LogP contribution in [0.5, 0.6) is 0 Å². The molecule has 0 aliphatic carbocycles. The average Bonchev–Trinajstić information content (AvgIpc) is 3.32. The fourth-order valence-corrected chi connectivity index (χ4v) is 3.47. The summed E-state index contributed by atoms with van der Waals surface area (Å²) < 4.78 is 7.37. The maximum atomic E-state index is 12.6. The summed E-state index contributed by atoms with van der Waals surface area (Å²) in [6, 6.07) is 3.29. The van der Waals surface area contributed by atoms with E-state index in [4.69, 9.17) is 4.52 Å². The Hall–Kier alpha value is -3.07. The van der Waals surface area contributed by atoms with Crippen LogP contribution in [0.1, 0.15) is 24.1 Å². The molecule has 4 heterocycles. The molecule has 28 heavy (non-hydrogen) atoms. The third-order valence-corrected chi connectivity index (χ3v) is 5.09. The Morgan fingerprint density at radius 1 is 1.32 bits per heavy atom. The number of rotatable bonds is 6. The van der Waals surface area contributed by atoms with Gasteiger partial charge < -0.3 is 9.84 Å². The van der Waals surface area contributed by atoms with E-state index in [0.717, 1.165) is 29.9 Å². The molecule has 1 aliphatic rings. The number of hydrogen-bond donors (Lipinski definition) is 1. The quantitative estimate of drug-likeness (QED) is 0.684. The first-order valence-electron chi connectivity index (χ1n) is 9.41. The van der Waals surface area contributed by atoms with Crippen molar-refractivity contribution < 1.29 is 9.32 Å². The minimum atomic E-state index is -0.358. The molecule has 0 aromatic carbocycles. The number of nitrogens with zero attached hydrogens (tertiary/aromatic N) is 6. The van der Waals surface area contributed by atoms with Gasteiger partial charge in [0.15, 0.2) is 0 Å². The van der Waals surface area contributed by atoms with Crippen LogP contribution in [0.3, 0.4) is 0 Å². The smallest absolute Gasteiger partial charge is 0.237 e. The number of amides is 1. The van der Waals surface area contributed by atoms with Crippen molar-refractivity contribution in [1.82, 2.24) is 35.1 Å². The van der Waals surface area contributed by atoms with Gasteiger partial charge in [0.25, 0.3) is 0 Å². The summed E-state index contributed by atoms with van der Waals surface area (Å²) in [4.78, 5) is 23.2. The number of carbonyl (C=O) groups is 1. The van der Waals surface area contributed by atoms with E-state index in [1.54, 1.807) is 12.4 Å². The summed E-state index contributed by atoms with van der Waals surface area (Å²) in [5.74, 6) is 0.926. The van der Waals surface area contributed by atoms with Gasteiger partial charge in [0.1, 0.15) is 0 Å². The number of nitrogens with one attached hydrogen (secondary N) is 1. The van der Waals surface area contributed by atoms with Crippen molar-refractivity contribution in [3.8, 4) is 11.4 Å². The Balaban J connectivity index is 1.51. The van der Waals surface area contributed by atoms with Gasteiger partial charge in [0.2, 0.25) is 17.6 Å². The van der Waals surface area contributed by atoms with Crippen molar-refractivity contribution in [3.63, 3.8) is 0 Å². The van der Waals surface area contributed by atoms with Crippen LogP contribution in [0.15, 0.2) is 35.2 Å². The molecule has 0 radical (unpaired) electrons. The Labute approximate surface area is 162 Å². The predicted octanol–water partition coefficient (Wildman–Crippen LogP) is 1.20. The Bertz CT molecular complexity index is 950. The van der Waals surface area contributed by atoms with Crippen LogP contribution in [-0.4, -0.2) is 54.8 Å². The summed E-state index contributed by atoms with van der Waals surface area (Å²) in [5, 5.41) is 11.4. The highest BCUT2D eigenvalue weighted by Crippen LogP contribution is 2.19. The summed E-state index contributed by atoms with van der Waals surface area (Å²) in [5.41, 5.74) is 3.09. The Morgan fingerprint density at radius 2 is 2.14 bits per heavy atom. The van der Waals surface area contributed by atoms with E-state index in [9.17, 15) is 4.79 Å². The second-order valence-corrected chi connectivity index (χ2v) is 6.80. The van der Waals surface area contributed by atoms with E-state index < -0.39 is 0 Å². The molecule has 4 rings (SSSR count). The minimum Gasteiger partial charge on any atom is -0.353 e. The Kier molecular flexibility index (Phi) is 5.16. The lowest BCUT2D eigenvalue weighted by Gasteiger charge is -2.34. The summed E-state index contributed by atoms with van der Waals surface area (Å²) in [7, 11) is 0. The zero-order valence-electron chi connectivity index (χ0n) is 16.0. The van der Waals surface area contributed by atoms with Crippen molar-refractivity contribution in [2.24, 2.45) is 0 Å². The normalized spacial score (nSPS) is 17.6. The molecule has 3 aromatic heterocycles. The molecule has 1 fully saturated rings. The van der Waals surface area contributed by atoms with Gasteiger partial charge in [-0.15, -0.1) is 0 Å². The van der Waals surface area contributed by atoms with Crippen LogP contribution in [-0.2, 0) is 24.3 Å². The molecule has 1 aliphatic heterocycles. The number of pyridine rings is 1. The van der Waals surface area contributed by atoms with Crippen LogP contribution in [0.4, 0.5) is 0 Å². The molecule has 0 bridgehead atoms. The molecule has 146 valence electrons. The van der Waals surface area contributed by atoms with Gasteiger partial charge in [-0.05, 0) is 26.0 Å². The highest BCUT2D eigenvalue weighted by atomic mass is 16.5. The summed E-state index contributed by atoms with van der Waals surface area (Å²) in [6.07, 6.45) is 5.61. The van der Waals surface area contributed by atoms with Crippen molar-refractivity contribution in [2.75, 3.05) is 13.1 Å². The second-order valence-electron chi connectivity index (χ2n) is 6.80. The van der Waals surface area contributed by atoms with E-state index >= 15 is 0 Å². The van der Waals surface area contributed by atoms with Crippen LogP contribution < -0.4 is 5.32 Å². The molecule has 9 heteroatoms. The van der Waals surface area contributed by atoms with E-state index in [1.165, 1.54) is 0 Å². The van der Waals surface area contributed by atoms with Crippen molar-refractivity contribution in [2.45, 2.75) is 39.4 Å². The molecule has 1 unspecified atom stereocenters. The van der Waals surface area contributed by atoms with Crippen LogP contribution >= 0.6 is 0 Å². The number of piperazine rings is 1. The molecule has 0 saturated carbocycles. The van der Waals surface area contributed by atoms with Crippen molar-refractivity contribution in [3.05, 3.63) is 47.9 Å². The first kappa shape index (κ1) is 18.3. The number of carbonyl (C=O) groups excluding carboxylic acids is 1. The van der Waals surface area contributed by atoms with E-state index in [0.29, 0.717) is 31.2 Å². The SMILES string of the molecule is CCn1ncc(CN2CCNC(=O)C2Cc2nc(-c3ccncc3)no2)c1C. The molecule has 1 atom stereocenters. The third kappa shape index (κ3) is 3.65. The van der Waals surface area contributed by atoms with Crippen LogP contribution in [0, 0.1) is 6.92 Å². The van der Waals surface area contributed by atoms with Crippen molar-refractivity contribution >= 4 is 5.91 Å². The molecule has 1 saturated heterocycles. The van der Waals surface area contributed by atoms with Gasteiger partial charge in [0, 0.05) is 55.4 Å². The van der Waals surface area contributed by atoms with Gasteiger partial charge in [0.05, 0.1) is 18.7 Å². The topological polar surface area (TPSA) is 102 Å². The lowest BCUT2D eigenvalue weighted by Crippen LogP contribution is -2.55. The average molecular weight is 381 g/mol. The first-order chi connectivity index (χ1) is 13.7. The van der Waals surface area contributed by atoms with Gasteiger partial charge >= 0.3 is 0 Å². The van der Waals surface area contributed by atoms with Crippen molar-refractivity contribution in [1.29, 1.82) is 0 Å². The monoisotopic (exact) mass is 381 g/mol. The number of aromatic nitrogens is 5. The molecular weight excluding hydrogens is 358 g/mol. The first-order valence-corrected chi connectivity index (χ1v) is 9.41. The maximum Gasteiger partial charge on any atom is 0.237 e.